The second kappa shape index (κ2) is 8.19. The van der Waals surface area contributed by atoms with E-state index in [0.717, 1.165) is 32.1 Å². The molecule has 3 aliphatic carbocycles. The molecule has 0 saturated heterocycles. The van der Waals surface area contributed by atoms with E-state index < -0.39 is 0 Å². The third kappa shape index (κ3) is 3.56. The Kier molecular flexibility index (Phi) is 4.99. The first-order valence-corrected chi connectivity index (χ1v) is 15.3. The van der Waals surface area contributed by atoms with Crippen LogP contribution in [-0.2, 0) is 25.7 Å². The summed E-state index contributed by atoms with van der Waals surface area (Å²) < 4.78 is 0. The first-order valence-electron chi connectivity index (χ1n) is 15.3. The summed E-state index contributed by atoms with van der Waals surface area (Å²) in [6.45, 7) is 11.6. The molecule has 39 heavy (non-hydrogen) atoms. The van der Waals surface area contributed by atoms with Crippen molar-refractivity contribution in [2.75, 3.05) is 0 Å². The summed E-state index contributed by atoms with van der Waals surface area (Å²) in [4.78, 5) is 5.11. The Bertz CT molecular complexity index is 1680. The van der Waals surface area contributed by atoms with Crippen molar-refractivity contribution in [2.24, 2.45) is 16.3 Å². The quantitative estimate of drug-likeness (QED) is 0.346. The van der Waals surface area contributed by atoms with Crippen LogP contribution in [0.2, 0.25) is 0 Å². The van der Waals surface area contributed by atoms with Crippen LogP contribution in [0.25, 0.3) is 33.2 Å². The summed E-state index contributed by atoms with van der Waals surface area (Å²) >= 11 is 0. The number of aryl methyl sites for hydroxylation is 4. The van der Waals surface area contributed by atoms with Gasteiger partial charge in [0, 0.05) is 40.5 Å². The van der Waals surface area contributed by atoms with Gasteiger partial charge in [0.15, 0.2) is 0 Å². The molecule has 0 bridgehead atoms. The van der Waals surface area contributed by atoms with E-state index in [2.05, 4.69) is 76.3 Å². The highest BCUT2D eigenvalue weighted by Gasteiger charge is 2.33. The van der Waals surface area contributed by atoms with Crippen molar-refractivity contribution in [3.8, 4) is 11.1 Å². The standard InChI is InChI=1S/C37H40N2/c1-20(2)34-18-25-9-8-24-16-30-22(17-31(24)36(25)39-34)7-6-21-14-28-23(15-29(21)30)10-11-27-26(28)12-13-33-32(27)19-35(38-33)37(3,4)5/h10-11,14-17,20,34,39H,6-9,12-13,18-19H2,1-5H3. The van der Waals surface area contributed by atoms with Gasteiger partial charge in [-0.05, 0) is 124 Å². The van der Waals surface area contributed by atoms with Gasteiger partial charge in [0.1, 0.15) is 0 Å². The summed E-state index contributed by atoms with van der Waals surface area (Å²) in [7, 11) is 0. The fraction of sp³-hybridized carbons (Fsp3) is 0.432. The Hall–Kier alpha value is -3.13. The molecular weight excluding hydrogens is 472 g/mol. The summed E-state index contributed by atoms with van der Waals surface area (Å²) in [5.41, 5.74) is 19.5. The van der Waals surface area contributed by atoms with Crippen LogP contribution in [0.1, 0.15) is 93.7 Å². The zero-order chi connectivity index (χ0) is 26.6. The van der Waals surface area contributed by atoms with Crippen molar-refractivity contribution in [1.29, 1.82) is 0 Å². The van der Waals surface area contributed by atoms with Crippen molar-refractivity contribution < 1.29 is 0 Å². The maximum Gasteiger partial charge on any atom is 0.0448 e. The van der Waals surface area contributed by atoms with E-state index in [4.69, 9.17) is 4.99 Å². The van der Waals surface area contributed by atoms with Gasteiger partial charge in [0.2, 0.25) is 0 Å². The number of hydrogen-bond acceptors (Lipinski definition) is 2. The van der Waals surface area contributed by atoms with E-state index in [1.54, 1.807) is 11.1 Å². The Labute approximate surface area is 233 Å². The molecule has 198 valence electrons. The molecule has 0 saturated carbocycles. The van der Waals surface area contributed by atoms with Crippen LogP contribution in [-0.4, -0.2) is 11.8 Å². The molecular formula is C37H40N2. The highest BCUT2D eigenvalue weighted by atomic mass is 15.0. The van der Waals surface area contributed by atoms with E-state index in [9.17, 15) is 0 Å². The van der Waals surface area contributed by atoms with Gasteiger partial charge in [0.05, 0.1) is 0 Å². The molecule has 1 N–H and O–H groups in total. The molecule has 2 nitrogen and oxygen atoms in total. The molecule has 0 fully saturated rings. The molecule has 1 unspecified atom stereocenters. The Morgan fingerprint density at radius 2 is 1.51 bits per heavy atom. The minimum absolute atomic E-state index is 0.141. The summed E-state index contributed by atoms with van der Waals surface area (Å²) in [6, 6.07) is 15.6. The van der Waals surface area contributed by atoms with Gasteiger partial charge in [0.25, 0.3) is 0 Å². The van der Waals surface area contributed by atoms with E-state index in [1.807, 2.05) is 0 Å². The third-order valence-corrected chi connectivity index (χ3v) is 10.3. The highest BCUT2D eigenvalue weighted by Crippen LogP contribution is 2.47. The SMILES string of the molecule is CC(C)C1CC2=C(N1)c1cc3c(cc1CC2)-c1cc2ccc4c(c2cc1CC3)CCC1=C4CC(C(C)(C)C)=N1. The minimum atomic E-state index is 0.141. The molecule has 2 heterocycles. The van der Waals surface area contributed by atoms with Crippen molar-refractivity contribution >= 4 is 27.8 Å². The van der Waals surface area contributed by atoms with Crippen molar-refractivity contribution in [3.63, 3.8) is 0 Å². The van der Waals surface area contributed by atoms with Crippen LogP contribution < -0.4 is 5.32 Å². The van der Waals surface area contributed by atoms with Crippen molar-refractivity contribution in [2.45, 2.75) is 92.0 Å². The average molecular weight is 513 g/mol. The van der Waals surface area contributed by atoms with Gasteiger partial charge < -0.3 is 5.32 Å². The average Bonchev–Trinajstić information content (AvgIpc) is 3.56. The molecule has 0 aromatic heterocycles. The molecule has 8 rings (SSSR count). The fourth-order valence-electron chi connectivity index (χ4n) is 7.91. The number of hydrogen-bond donors (Lipinski definition) is 1. The van der Waals surface area contributed by atoms with Crippen LogP contribution in [0.4, 0.5) is 0 Å². The number of nitrogens with one attached hydrogen (secondary N) is 1. The van der Waals surface area contributed by atoms with Crippen LogP contribution >= 0.6 is 0 Å². The van der Waals surface area contributed by atoms with Crippen LogP contribution in [0.5, 0.6) is 0 Å². The molecule has 5 aliphatic rings. The van der Waals surface area contributed by atoms with Crippen molar-refractivity contribution in [1.82, 2.24) is 5.32 Å². The third-order valence-electron chi connectivity index (χ3n) is 10.3. The van der Waals surface area contributed by atoms with E-state index in [0.29, 0.717) is 12.0 Å². The molecule has 0 amide bonds. The monoisotopic (exact) mass is 512 g/mol. The van der Waals surface area contributed by atoms with E-state index in [-0.39, 0.29) is 5.41 Å². The fourth-order valence-corrected chi connectivity index (χ4v) is 7.91. The Balaban J connectivity index is 1.19. The number of allylic oxidation sites excluding steroid dienone is 2. The van der Waals surface area contributed by atoms with E-state index in [1.165, 1.54) is 91.7 Å². The van der Waals surface area contributed by atoms with Gasteiger partial charge in [-0.2, -0.15) is 0 Å². The molecule has 2 heteroatoms. The number of nitrogens with zero attached hydrogens (tertiary/aromatic N) is 1. The topological polar surface area (TPSA) is 24.4 Å². The van der Waals surface area contributed by atoms with Gasteiger partial charge in [-0.1, -0.05) is 58.9 Å². The summed E-state index contributed by atoms with van der Waals surface area (Å²) in [6.07, 6.45) is 9.11. The lowest BCUT2D eigenvalue weighted by molar-refractivity contribution is 0.463. The lowest BCUT2D eigenvalue weighted by Crippen LogP contribution is -2.27. The molecule has 0 spiro atoms. The lowest BCUT2D eigenvalue weighted by atomic mass is 9.78. The normalized spacial score (nSPS) is 21.3. The predicted octanol–water partition coefficient (Wildman–Crippen LogP) is 8.83. The lowest BCUT2D eigenvalue weighted by Gasteiger charge is -2.27. The molecule has 1 atom stereocenters. The molecule has 2 aliphatic heterocycles. The predicted molar refractivity (Wildman–Crippen MR) is 165 cm³/mol. The van der Waals surface area contributed by atoms with Gasteiger partial charge >= 0.3 is 0 Å². The Morgan fingerprint density at radius 1 is 0.795 bits per heavy atom. The smallest absolute Gasteiger partial charge is 0.0448 e. The minimum Gasteiger partial charge on any atom is -0.381 e. The number of rotatable bonds is 1. The van der Waals surface area contributed by atoms with Crippen LogP contribution in [0, 0.1) is 11.3 Å². The first kappa shape index (κ1) is 23.7. The number of benzene rings is 3. The van der Waals surface area contributed by atoms with E-state index >= 15 is 0 Å². The first-order chi connectivity index (χ1) is 18.7. The van der Waals surface area contributed by atoms with Crippen molar-refractivity contribution in [3.05, 3.63) is 81.0 Å². The largest absolute Gasteiger partial charge is 0.381 e. The summed E-state index contributed by atoms with van der Waals surface area (Å²) in [5.74, 6) is 0.673. The molecule has 3 aromatic carbocycles. The van der Waals surface area contributed by atoms with Gasteiger partial charge in [-0.25, -0.2) is 0 Å². The maximum atomic E-state index is 5.11. The molecule has 3 aromatic rings. The van der Waals surface area contributed by atoms with Crippen LogP contribution in [0.3, 0.4) is 0 Å². The summed E-state index contributed by atoms with van der Waals surface area (Å²) in [5, 5.41) is 6.80. The number of aliphatic imine (C=N–C) groups is 1. The van der Waals surface area contributed by atoms with Gasteiger partial charge in [-0.15, -0.1) is 0 Å². The zero-order valence-corrected chi connectivity index (χ0v) is 24.2. The Morgan fingerprint density at radius 3 is 2.31 bits per heavy atom. The zero-order valence-electron chi connectivity index (χ0n) is 24.2. The highest BCUT2D eigenvalue weighted by molar-refractivity contribution is 6.05. The number of fused-ring (bicyclic) bond motifs is 9. The van der Waals surface area contributed by atoms with Gasteiger partial charge in [-0.3, -0.25) is 4.99 Å². The second-order valence-electron chi connectivity index (χ2n) is 14.1. The maximum absolute atomic E-state index is 5.11. The second-order valence-corrected chi connectivity index (χ2v) is 14.1. The van der Waals surface area contributed by atoms with Crippen LogP contribution in [0.15, 0.2) is 52.7 Å². The molecule has 0 radical (unpaired) electrons.